The molecule has 0 saturated carbocycles. The molecule has 5 rings (SSSR count). The quantitative estimate of drug-likeness (QED) is 0.382. The number of aromatic nitrogens is 5. The van der Waals surface area contributed by atoms with E-state index in [0.29, 0.717) is 15.4 Å². The van der Waals surface area contributed by atoms with Crippen LogP contribution < -0.4 is 5.73 Å². The number of nitrogens with two attached hydrogens (primary N) is 1. The Morgan fingerprint density at radius 2 is 1.87 bits per heavy atom. The highest BCUT2D eigenvalue weighted by Gasteiger charge is 2.36. The molecule has 0 atom stereocenters. The number of aryl methyl sites for hydroxylation is 1. The molecular formula is C20H13F3N6S2. The summed E-state index contributed by atoms with van der Waals surface area (Å²) in [4.78, 5) is 5.63. The highest BCUT2D eigenvalue weighted by molar-refractivity contribution is 7.22. The SMILES string of the molecule is Cc1ccc(-n2nnnc2-c2sc3nc(-c4cccs4)cc(C(F)(F)F)c3c2N)cc1. The molecule has 156 valence electrons. The van der Waals surface area contributed by atoms with Gasteiger partial charge in [0.2, 0.25) is 0 Å². The van der Waals surface area contributed by atoms with Gasteiger partial charge in [0.05, 0.1) is 32.4 Å². The van der Waals surface area contributed by atoms with Gasteiger partial charge < -0.3 is 5.73 Å². The molecule has 0 saturated heterocycles. The van der Waals surface area contributed by atoms with Gasteiger partial charge >= 0.3 is 6.18 Å². The Bertz CT molecular complexity index is 1390. The number of tetrazole rings is 1. The first-order valence-corrected chi connectivity index (χ1v) is 10.7. The van der Waals surface area contributed by atoms with E-state index in [4.69, 9.17) is 5.73 Å². The summed E-state index contributed by atoms with van der Waals surface area (Å²) in [6.07, 6.45) is -4.59. The third-order valence-corrected chi connectivity index (χ3v) is 6.72. The summed E-state index contributed by atoms with van der Waals surface area (Å²) in [6, 6.07) is 12.0. The van der Waals surface area contributed by atoms with Gasteiger partial charge in [-0.15, -0.1) is 27.8 Å². The average molecular weight is 458 g/mol. The number of fused-ring (bicyclic) bond motifs is 1. The number of halogens is 3. The number of alkyl halides is 3. The zero-order valence-electron chi connectivity index (χ0n) is 15.9. The molecule has 4 aromatic heterocycles. The molecule has 0 fully saturated rings. The van der Waals surface area contributed by atoms with E-state index in [1.165, 1.54) is 16.0 Å². The summed E-state index contributed by atoms with van der Waals surface area (Å²) in [7, 11) is 0. The van der Waals surface area contributed by atoms with Crippen LogP contribution in [0.3, 0.4) is 0 Å². The molecule has 0 radical (unpaired) electrons. The number of benzene rings is 1. The smallest absolute Gasteiger partial charge is 0.397 e. The van der Waals surface area contributed by atoms with E-state index in [1.54, 1.807) is 17.5 Å². The summed E-state index contributed by atoms with van der Waals surface area (Å²) in [6.45, 7) is 1.95. The van der Waals surface area contributed by atoms with E-state index in [0.717, 1.165) is 23.0 Å². The van der Waals surface area contributed by atoms with E-state index in [2.05, 4.69) is 20.5 Å². The zero-order valence-corrected chi connectivity index (χ0v) is 17.5. The van der Waals surface area contributed by atoms with Crippen LogP contribution in [0.1, 0.15) is 11.1 Å². The first kappa shape index (κ1) is 19.6. The van der Waals surface area contributed by atoms with Gasteiger partial charge in [0, 0.05) is 5.39 Å². The largest absolute Gasteiger partial charge is 0.417 e. The van der Waals surface area contributed by atoms with Crippen LogP contribution in [0.4, 0.5) is 18.9 Å². The molecule has 0 unspecified atom stereocenters. The Morgan fingerprint density at radius 3 is 2.55 bits per heavy atom. The average Bonchev–Trinajstić information content (AvgIpc) is 3.47. The molecule has 0 aliphatic rings. The summed E-state index contributed by atoms with van der Waals surface area (Å²) < 4.78 is 43.2. The molecule has 0 amide bonds. The van der Waals surface area contributed by atoms with Crippen LogP contribution in [0.5, 0.6) is 0 Å². The zero-order chi connectivity index (χ0) is 21.8. The van der Waals surface area contributed by atoms with Gasteiger partial charge in [0.15, 0.2) is 5.82 Å². The number of hydrogen-bond donors (Lipinski definition) is 1. The molecule has 0 bridgehead atoms. The number of thiophene rings is 2. The maximum atomic E-state index is 13.9. The van der Waals surface area contributed by atoms with Gasteiger partial charge in [-0.25, -0.2) is 4.98 Å². The summed E-state index contributed by atoms with van der Waals surface area (Å²) >= 11 is 2.36. The van der Waals surface area contributed by atoms with Crippen molar-refractivity contribution >= 4 is 38.6 Å². The predicted octanol–water partition coefficient (Wildman–Crippen LogP) is 5.58. The second-order valence-electron chi connectivity index (χ2n) is 6.80. The minimum atomic E-state index is -4.59. The molecular weight excluding hydrogens is 445 g/mol. The van der Waals surface area contributed by atoms with Gasteiger partial charge in [0.25, 0.3) is 0 Å². The molecule has 0 aliphatic carbocycles. The lowest BCUT2D eigenvalue weighted by Gasteiger charge is -2.10. The second kappa shape index (κ2) is 7.13. The van der Waals surface area contributed by atoms with Crippen molar-refractivity contribution < 1.29 is 13.2 Å². The van der Waals surface area contributed by atoms with Crippen molar-refractivity contribution in [2.45, 2.75) is 13.1 Å². The van der Waals surface area contributed by atoms with E-state index in [9.17, 15) is 13.2 Å². The van der Waals surface area contributed by atoms with Crippen molar-refractivity contribution in [1.29, 1.82) is 0 Å². The minimum Gasteiger partial charge on any atom is -0.397 e. The molecule has 11 heteroatoms. The topological polar surface area (TPSA) is 82.5 Å². The van der Waals surface area contributed by atoms with Gasteiger partial charge in [-0.1, -0.05) is 23.8 Å². The number of rotatable bonds is 3. The van der Waals surface area contributed by atoms with E-state index in [-0.39, 0.29) is 27.4 Å². The van der Waals surface area contributed by atoms with Crippen LogP contribution in [0.2, 0.25) is 0 Å². The number of pyridine rings is 1. The maximum Gasteiger partial charge on any atom is 0.417 e. The Morgan fingerprint density at radius 1 is 1.10 bits per heavy atom. The third-order valence-electron chi connectivity index (χ3n) is 4.73. The number of nitrogens with zero attached hydrogens (tertiary/aromatic N) is 5. The lowest BCUT2D eigenvalue weighted by molar-refractivity contribution is -0.136. The first-order valence-electron chi connectivity index (χ1n) is 9.03. The Balaban J connectivity index is 1.75. The molecule has 2 N–H and O–H groups in total. The standard InChI is InChI=1S/C20H13F3N6S2/c1-10-4-6-11(7-5-10)29-18(26-27-28-29)17-16(24)15-12(20(21,22)23)9-13(25-19(15)31-17)14-3-2-8-30-14/h2-9H,24H2,1H3. The molecule has 31 heavy (non-hydrogen) atoms. The fourth-order valence-corrected chi connectivity index (χ4v) is 5.03. The molecule has 0 spiro atoms. The van der Waals surface area contributed by atoms with Crippen molar-refractivity contribution in [3.63, 3.8) is 0 Å². The van der Waals surface area contributed by atoms with Crippen molar-refractivity contribution in [2.24, 2.45) is 0 Å². The molecule has 4 heterocycles. The summed E-state index contributed by atoms with van der Waals surface area (Å²) in [5.74, 6) is 0.259. The van der Waals surface area contributed by atoms with Crippen LogP contribution in [-0.4, -0.2) is 25.2 Å². The van der Waals surface area contributed by atoms with Crippen LogP contribution >= 0.6 is 22.7 Å². The second-order valence-corrected chi connectivity index (χ2v) is 8.75. The Kier molecular flexibility index (Phi) is 4.52. The van der Waals surface area contributed by atoms with Crippen molar-refractivity contribution in [1.82, 2.24) is 25.2 Å². The summed E-state index contributed by atoms with van der Waals surface area (Å²) in [5.41, 5.74) is 7.34. The van der Waals surface area contributed by atoms with Crippen LogP contribution in [-0.2, 0) is 6.18 Å². The normalized spacial score (nSPS) is 12.0. The number of nitrogen functional groups attached to an aromatic ring is 1. The molecule has 1 aromatic carbocycles. The molecule has 0 aliphatic heterocycles. The van der Waals surface area contributed by atoms with E-state index < -0.39 is 11.7 Å². The number of anilines is 1. The predicted molar refractivity (Wildman–Crippen MR) is 115 cm³/mol. The third kappa shape index (κ3) is 3.35. The maximum absolute atomic E-state index is 13.9. The number of hydrogen-bond acceptors (Lipinski definition) is 7. The fourth-order valence-electron chi connectivity index (χ4n) is 3.25. The van der Waals surface area contributed by atoms with Gasteiger partial charge in [-0.05, 0) is 47.0 Å². The van der Waals surface area contributed by atoms with Crippen molar-refractivity contribution in [3.8, 4) is 27.0 Å². The monoisotopic (exact) mass is 458 g/mol. The lowest BCUT2D eigenvalue weighted by Crippen LogP contribution is -2.07. The van der Waals surface area contributed by atoms with Gasteiger partial charge in [0.1, 0.15) is 4.83 Å². The molecule has 6 nitrogen and oxygen atoms in total. The van der Waals surface area contributed by atoms with Crippen LogP contribution in [0, 0.1) is 6.92 Å². The minimum absolute atomic E-state index is 0.0410. The van der Waals surface area contributed by atoms with Crippen molar-refractivity contribution in [2.75, 3.05) is 5.73 Å². The van der Waals surface area contributed by atoms with E-state index in [1.807, 2.05) is 31.2 Å². The fraction of sp³-hybridized carbons (Fsp3) is 0.100. The van der Waals surface area contributed by atoms with E-state index >= 15 is 0 Å². The van der Waals surface area contributed by atoms with Crippen molar-refractivity contribution in [3.05, 3.63) is 59.0 Å². The first-order chi connectivity index (χ1) is 14.8. The van der Waals surface area contributed by atoms with Gasteiger partial charge in [-0.3, -0.25) is 0 Å². The highest BCUT2D eigenvalue weighted by Crippen LogP contribution is 2.46. The molecule has 5 aromatic rings. The van der Waals surface area contributed by atoms with Crippen LogP contribution in [0.25, 0.3) is 37.2 Å². The Hall–Kier alpha value is -3.31. The summed E-state index contributed by atoms with van der Waals surface area (Å²) in [5, 5.41) is 13.4. The highest BCUT2D eigenvalue weighted by atomic mass is 32.1. The van der Waals surface area contributed by atoms with Crippen LogP contribution in [0.15, 0.2) is 47.8 Å². The van der Waals surface area contributed by atoms with Gasteiger partial charge in [-0.2, -0.15) is 17.9 Å². The Labute approximate surface area is 181 Å². The lowest BCUT2D eigenvalue weighted by atomic mass is 10.1.